The van der Waals surface area contributed by atoms with Crippen LogP contribution in [0.25, 0.3) is 22.1 Å². The molecule has 4 aromatic rings. The van der Waals surface area contributed by atoms with Crippen molar-refractivity contribution in [3.63, 3.8) is 0 Å². The van der Waals surface area contributed by atoms with Gasteiger partial charge in [-0.3, -0.25) is 25.0 Å². The number of aromatic nitrogens is 2. The number of ether oxygens (including phenoxy) is 1. The standard InChI is InChI=1S/C17H10N4O6S/c1-27-15-9(6-10(20(23)24)8-13(15)21(25)26)7-14-16(22)19-12-5-3-2-4-11(12)18-17(19)28-14/h2-8H,1H3/b14-7-. The van der Waals surface area contributed by atoms with Crippen molar-refractivity contribution in [2.75, 3.05) is 7.11 Å². The van der Waals surface area contributed by atoms with Gasteiger partial charge in [-0.25, -0.2) is 9.38 Å². The molecule has 0 N–H and O–H groups in total. The average molecular weight is 398 g/mol. The number of methoxy groups -OCH3 is 1. The Hall–Kier alpha value is -3.86. The SMILES string of the molecule is COc1c(/C=c2\sc3nc4ccccc4n3c2=O)cc([N+](=O)[O-])cc1[N+](=O)[O-]. The molecule has 4 rings (SSSR count). The Morgan fingerprint density at radius 1 is 1.18 bits per heavy atom. The van der Waals surface area contributed by atoms with Crippen molar-refractivity contribution in [1.82, 2.24) is 9.38 Å². The first-order valence-electron chi connectivity index (χ1n) is 7.83. The summed E-state index contributed by atoms with van der Waals surface area (Å²) >= 11 is 1.08. The molecule has 28 heavy (non-hydrogen) atoms. The molecule has 0 amide bonds. The van der Waals surface area contributed by atoms with Crippen LogP contribution in [0.2, 0.25) is 0 Å². The van der Waals surface area contributed by atoms with E-state index in [1.54, 1.807) is 18.2 Å². The van der Waals surface area contributed by atoms with Crippen molar-refractivity contribution in [3.05, 3.63) is 77.1 Å². The second-order valence-electron chi connectivity index (χ2n) is 5.74. The molecule has 11 heteroatoms. The third-order valence-corrected chi connectivity index (χ3v) is 5.10. The Kier molecular flexibility index (Phi) is 4.00. The van der Waals surface area contributed by atoms with Gasteiger partial charge in [0.2, 0.25) is 5.75 Å². The van der Waals surface area contributed by atoms with Crippen molar-refractivity contribution in [3.8, 4) is 5.75 Å². The number of rotatable bonds is 4. The highest BCUT2D eigenvalue weighted by Crippen LogP contribution is 2.35. The second kappa shape index (κ2) is 6.39. The summed E-state index contributed by atoms with van der Waals surface area (Å²) < 4.78 is 6.75. The van der Waals surface area contributed by atoms with Crippen LogP contribution in [0.4, 0.5) is 11.4 Å². The summed E-state index contributed by atoms with van der Waals surface area (Å²) in [4.78, 5) is 38.6. The van der Waals surface area contributed by atoms with Gasteiger partial charge in [0, 0.05) is 11.6 Å². The first-order valence-corrected chi connectivity index (χ1v) is 8.65. The summed E-state index contributed by atoms with van der Waals surface area (Å²) in [5, 5.41) is 22.4. The number of non-ortho nitro benzene ring substituents is 1. The minimum atomic E-state index is -0.768. The number of nitro groups is 2. The number of imidazole rings is 1. The van der Waals surface area contributed by atoms with Gasteiger partial charge in [-0.05, 0) is 18.2 Å². The quantitative estimate of drug-likeness (QED) is 0.381. The lowest BCUT2D eigenvalue weighted by Crippen LogP contribution is -2.22. The number of nitro benzene ring substituents is 2. The van der Waals surface area contributed by atoms with Gasteiger partial charge in [0.25, 0.3) is 11.2 Å². The zero-order valence-electron chi connectivity index (χ0n) is 14.2. The topological polar surface area (TPSA) is 130 Å². The molecule has 0 spiro atoms. The highest BCUT2D eigenvalue weighted by molar-refractivity contribution is 7.15. The molecule has 2 aromatic carbocycles. The zero-order chi connectivity index (χ0) is 20.0. The largest absolute Gasteiger partial charge is 0.490 e. The molecule has 0 saturated carbocycles. The van der Waals surface area contributed by atoms with Crippen LogP contribution in [0, 0.1) is 20.2 Å². The molecule has 0 bridgehead atoms. The van der Waals surface area contributed by atoms with Crippen molar-refractivity contribution in [2.45, 2.75) is 0 Å². The van der Waals surface area contributed by atoms with Crippen LogP contribution in [0.1, 0.15) is 5.56 Å². The summed E-state index contributed by atoms with van der Waals surface area (Å²) in [7, 11) is 1.22. The van der Waals surface area contributed by atoms with Gasteiger partial charge in [0.15, 0.2) is 4.96 Å². The Morgan fingerprint density at radius 3 is 2.61 bits per heavy atom. The Morgan fingerprint density at radius 2 is 1.93 bits per heavy atom. The van der Waals surface area contributed by atoms with Gasteiger partial charge in [-0.15, -0.1) is 0 Å². The van der Waals surface area contributed by atoms with E-state index in [4.69, 9.17) is 4.74 Å². The Balaban J connectivity index is 2.03. The number of hydrogen-bond donors (Lipinski definition) is 0. The third kappa shape index (κ3) is 2.65. The molecule has 0 radical (unpaired) electrons. The maximum atomic E-state index is 12.8. The van der Waals surface area contributed by atoms with Crippen LogP contribution in [-0.4, -0.2) is 26.3 Å². The molecular weight excluding hydrogens is 388 g/mol. The molecule has 0 aliphatic heterocycles. The summed E-state index contributed by atoms with van der Waals surface area (Å²) in [6.07, 6.45) is 1.34. The normalized spacial score (nSPS) is 12.0. The zero-order valence-corrected chi connectivity index (χ0v) is 15.0. The first-order chi connectivity index (χ1) is 13.4. The van der Waals surface area contributed by atoms with E-state index in [0.29, 0.717) is 16.0 Å². The molecular formula is C17H10N4O6S. The van der Waals surface area contributed by atoms with Crippen LogP contribution >= 0.6 is 11.3 Å². The predicted octanol–water partition coefficient (Wildman–Crippen LogP) is 2.28. The van der Waals surface area contributed by atoms with Crippen LogP contribution < -0.4 is 14.8 Å². The smallest absolute Gasteiger partial charge is 0.318 e. The number of fused-ring (bicyclic) bond motifs is 3. The predicted molar refractivity (Wildman–Crippen MR) is 102 cm³/mol. The van der Waals surface area contributed by atoms with E-state index in [9.17, 15) is 25.0 Å². The van der Waals surface area contributed by atoms with E-state index < -0.39 is 21.2 Å². The van der Waals surface area contributed by atoms with Gasteiger partial charge < -0.3 is 4.74 Å². The van der Waals surface area contributed by atoms with Gasteiger partial charge in [-0.2, -0.15) is 0 Å². The van der Waals surface area contributed by atoms with Crippen molar-refractivity contribution < 1.29 is 14.6 Å². The molecule has 2 heterocycles. The fourth-order valence-electron chi connectivity index (χ4n) is 2.94. The maximum absolute atomic E-state index is 12.8. The minimum Gasteiger partial charge on any atom is -0.490 e. The number of thiazole rings is 1. The van der Waals surface area contributed by atoms with Crippen molar-refractivity contribution in [2.24, 2.45) is 0 Å². The third-order valence-electron chi connectivity index (χ3n) is 4.13. The Labute approximate surface area is 159 Å². The Bertz CT molecular complexity index is 1390. The molecule has 0 aliphatic carbocycles. The summed E-state index contributed by atoms with van der Waals surface area (Å²) in [5.41, 5.74) is -0.0317. The summed E-state index contributed by atoms with van der Waals surface area (Å²) in [5.74, 6) is -0.161. The number of nitrogens with zero attached hydrogens (tertiary/aromatic N) is 4. The van der Waals surface area contributed by atoms with E-state index in [1.807, 2.05) is 6.07 Å². The minimum absolute atomic E-state index is 0.0642. The highest BCUT2D eigenvalue weighted by atomic mass is 32.1. The summed E-state index contributed by atoms with van der Waals surface area (Å²) in [6.45, 7) is 0. The molecule has 2 aromatic heterocycles. The van der Waals surface area contributed by atoms with E-state index in [0.717, 1.165) is 23.5 Å². The lowest BCUT2D eigenvalue weighted by molar-refractivity contribution is -0.394. The van der Waals surface area contributed by atoms with E-state index in [2.05, 4.69) is 4.98 Å². The van der Waals surface area contributed by atoms with E-state index >= 15 is 0 Å². The number of hydrogen-bond acceptors (Lipinski definition) is 8. The molecule has 0 saturated heterocycles. The second-order valence-corrected chi connectivity index (χ2v) is 6.74. The van der Waals surface area contributed by atoms with Crippen molar-refractivity contribution in [1.29, 1.82) is 0 Å². The van der Waals surface area contributed by atoms with Crippen LogP contribution in [0.3, 0.4) is 0 Å². The van der Waals surface area contributed by atoms with Gasteiger partial charge >= 0.3 is 5.69 Å². The molecule has 10 nitrogen and oxygen atoms in total. The number of para-hydroxylation sites is 2. The van der Waals surface area contributed by atoms with Gasteiger partial charge in [-0.1, -0.05) is 23.5 Å². The fourth-order valence-corrected chi connectivity index (χ4v) is 3.92. The monoisotopic (exact) mass is 398 g/mol. The highest BCUT2D eigenvalue weighted by Gasteiger charge is 2.24. The van der Waals surface area contributed by atoms with Crippen LogP contribution in [-0.2, 0) is 0 Å². The van der Waals surface area contributed by atoms with Crippen LogP contribution in [0.15, 0.2) is 41.2 Å². The van der Waals surface area contributed by atoms with E-state index in [1.165, 1.54) is 17.6 Å². The first kappa shape index (κ1) is 17.5. The van der Waals surface area contributed by atoms with Crippen molar-refractivity contribution >= 4 is 44.8 Å². The molecule has 0 aliphatic rings. The summed E-state index contributed by atoms with van der Waals surface area (Å²) in [6, 6.07) is 9.08. The average Bonchev–Trinajstić information content (AvgIpc) is 3.17. The van der Waals surface area contributed by atoms with Crippen LogP contribution in [0.5, 0.6) is 5.75 Å². The molecule has 140 valence electrons. The molecule has 0 unspecified atom stereocenters. The molecule has 0 fully saturated rings. The maximum Gasteiger partial charge on any atom is 0.318 e. The van der Waals surface area contributed by atoms with E-state index in [-0.39, 0.29) is 21.4 Å². The van der Waals surface area contributed by atoms with Gasteiger partial charge in [0.1, 0.15) is 0 Å². The lowest BCUT2D eigenvalue weighted by atomic mass is 10.1. The van der Waals surface area contributed by atoms with Gasteiger partial charge in [0.05, 0.1) is 38.6 Å². The number of benzene rings is 2. The lowest BCUT2D eigenvalue weighted by Gasteiger charge is -2.05. The fraction of sp³-hybridized carbons (Fsp3) is 0.0588. The molecule has 0 atom stereocenters.